The molecule has 5 nitrogen and oxygen atoms in total. The molecule has 1 aliphatic carbocycles. The number of rotatable bonds is 2. The topological polar surface area (TPSA) is 85.2 Å². The average molecular weight is 259 g/mol. The summed E-state index contributed by atoms with van der Waals surface area (Å²) in [6, 6.07) is 6.88. The van der Waals surface area contributed by atoms with E-state index in [9.17, 15) is 5.11 Å². The summed E-state index contributed by atoms with van der Waals surface area (Å²) in [6.07, 6.45) is 3.04. The van der Waals surface area contributed by atoms with Crippen LogP contribution in [0.25, 0.3) is 11.4 Å². The van der Waals surface area contributed by atoms with Gasteiger partial charge in [-0.25, -0.2) is 0 Å². The van der Waals surface area contributed by atoms with Crippen molar-refractivity contribution in [2.75, 3.05) is 0 Å². The lowest BCUT2D eigenvalue weighted by Gasteiger charge is -2.23. The molecule has 2 atom stereocenters. The summed E-state index contributed by atoms with van der Waals surface area (Å²) in [5.74, 6) is 1.27. The van der Waals surface area contributed by atoms with Crippen molar-refractivity contribution in [3.63, 3.8) is 0 Å². The molecular weight excluding hydrogens is 242 g/mol. The summed E-state index contributed by atoms with van der Waals surface area (Å²) in [6.45, 7) is 2.07. The number of phenols is 1. The molecule has 1 aromatic heterocycles. The van der Waals surface area contributed by atoms with Crippen LogP contribution in [0.4, 0.5) is 0 Å². The fourth-order valence-electron chi connectivity index (χ4n) is 2.68. The molecule has 1 fully saturated rings. The highest BCUT2D eigenvalue weighted by atomic mass is 16.5. The van der Waals surface area contributed by atoms with Crippen molar-refractivity contribution >= 4 is 0 Å². The van der Waals surface area contributed by atoms with Gasteiger partial charge in [0.25, 0.3) is 0 Å². The Bertz CT molecular complexity index is 596. The van der Waals surface area contributed by atoms with Crippen LogP contribution in [0.15, 0.2) is 28.8 Å². The molecule has 0 bridgehead atoms. The third-order valence-electron chi connectivity index (χ3n) is 4.05. The fraction of sp³-hybridized carbons (Fsp3) is 0.429. The Kier molecular flexibility index (Phi) is 2.78. The smallest absolute Gasteiger partial charge is 0.234 e. The molecule has 1 aromatic carbocycles. The molecule has 0 saturated heterocycles. The average Bonchev–Trinajstić information content (AvgIpc) is 2.99. The number of nitrogens with zero attached hydrogens (tertiary/aromatic N) is 2. The van der Waals surface area contributed by atoms with Gasteiger partial charge in [0.2, 0.25) is 11.7 Å². The molecule has 3 N–H and O–H groups in total. The van der Waals surface area contributed by atoms with Gasteiger partial charge in [-0.05, 0) is 31.9 Å². The Hall–Kier alpha value is -1.88. The van der Waals surface area contributed by atoms with Crippen LogP contribution >= 0.6 is 0 Å². The first-order valence-corrected chi connectivity index (χ1v) is 6.49. The van der Waals surface area contributed by atoms with E-state index in [0.717, 1.165) is 24.8 Å². The predicted molar refractivity (Wildman–Crippen MR) is 70.6 cm³/mol. The van der Waals surface area contributed by atoms with Gasteiger partial charge in [0.1, 0.15) is 5.75 Å². The van der Waals surface area contributed by atoms with Gasteiger partial charge in [0, 0.05) is 11.6 Å². The second-order valence-electron chi connectivity index (χ2n) is 5.39. The summed E-state index contributed by atoms with van der Waals surface area (Å²) in [5.41, 5.74) is 6.66. The SMILES string of the molecule is CC1(c2nc(-c3cccc(O)c3)no2)CCCC1N. The standard InChI is InChI=1S/C14H17N3O2/c1-14(7-3-6-11(14)15)13-16-12(17-19-13)9-4-2-5-10(18)8-9/h2,4-5,8,11,18H,3,6-7,15H2,1H3. The lowest BCUT2D eigenvalue weighted by atomic mass is 9.85. The van der Waals surface area contributed by atoms with E-state index in [1.165, 1.54) is 0 Å². The molecule has 1 saturated carbocycles. The second kappa shape index (κ2) is 4.35. The van der Waals surface area contributed by atoms with Gasteiger partial charge in [-0.2, -0.15) is 4.98 Å². The van der Waals surface area contributed by atoms with Crippen molar-refractivity contribution in [2.45, 2.75) is 37.6 Å². The van der Waals surface area contributed by atoms with Crippen LogP contribution < -0.4 is 5.73 Å². The van der Waals surface area contributed by atoms with E-state index >= 15 is 0 Å². The summed E-state index contributed by atoms with van der Waals surface area (Å²) in [4.78, 5) is 4.46. The highest BCUT2D eigenvalue weighted by Crippen LogP contribution is 2.39. The van der Waals surface area contributed by atoms with E-state index in [1.807, 2.05) is 6.07 Å². The van der Waals surface area contributed by atoms with Crippen molar-refractivity contribution in [1.29, 1.82) is 0 Å². The molecule has 19 heavy (non-hydrogen) atoms. The van der Waals surface area contributed by atoms with Gasteiger partial charge < -0.3 is 15.4 Å². The van der Waals surface area contributed by atoms with E-state index in [2.05, 4.69) is 17.1 Å². The normalized spacial score (nSPS) is 26.7. The van der Waals surface area contributed by atoms with E-state index in [-0.39, 0.29) is 17.2 Å². The van der Waals surface area contributed by atoms with Crippen molar-refractivity contribution in [3.05, 3.63) is 30.2 Å². The number of phenolic OH excluding ortho intramolecular Hbond substituents is 1. The van der Waals surface area contributed by atoms with Crippen LogP contribution in [0, 0.1) is 0 Å². The molecule has 0 amide bonds. The molecule has 2 unspecified atom stereocenters. The molecule has 1 aliphatic rings. The number of hydrogen-bond donors (Lipinski definition) is 2. The van der Waals surface area contributed by atoms with Crippen molar-refractivity contribution < 1.29 is 9.63 Å². The maximum absolute atomic E-state index is 9.48. The molecule has 3 rings (SSSR count). The minimum atomic E-state index is -0.234. The van der Waals surface area contributed by atoms with Crippen LogP contribution in [0.3, 0.4) is 0 Å². The first-order chi connectivity index (χ1) is 9.09. The van der Waals surface area contributed by atoms with E-state index < -0.39 is 0 Å². The van der Waals surface area contributed by atoms with Gasteiger partial charge in [-0.3, -0.25) is 0 Å². The minimum Gasteiger partial charge on any atom is -0.508 e. The lowest BCUT2D eigenvalue weighted by Crippen LogP contribution is -2.38. The fourth-order valence-corrected chi connectivity index (χ4v) is 2.68. The number of nitrogens with two attached hydrogens (primary N) is 1. The molecule has 1 heterocycles. The molecule has 0 spiro atoms. The second-order valence-corrected chi connectivity index (χ2v) is 5.39. The number of hydrogen-bond acceptors (Lipinski definition) is 5. The van der Waals surface area contributed by atoms with Crippen molar-refractivity contribution in [3.8, 4) is 17.1 Å². The quantitative estimate of drug-likeness (QED) is 0.863. The highest BCUT2D eigenvalue weighted by Gasteiger charge is 2.42. The zero-order valence-electron chi connectivity index (χ0n) is 10.8. The molecule has 2 aromatic rings. The third kappa shape index (κ3) is 2.00. The van der Waals surface area contributed by atoms with Crippen LogP contribution in [0.2, 0.25) is 0 Å². The van der Waals surface area contributed by atoms with Gasteiger partial charge in [-0.15, -0.1) is 0 Å². The third-order valence-corrected chi connectivity index (χ3v) is 4.05. The zero-order valence-corrected chi connectivity index (χ0v) is 10.8. The lowest BCUT2D eigenvalue weighted by molar-refractivity contribution is 0.278. The van der Waals surface area contributed by atoms with E-state index in [1.54, 1.807) is 18.2 Å². The van der Waals surface area contributed by atoms with E-state index in [4.69, 9.17) is 10.3 Å². The summed E-state index contributed by atoms with van der Waals surface area (Å²) >= 11 is 0. The maximum atomic E-state index is 9.48. The van der Waals surface area contributed by atoms with Gasteiger partial charge in [0.15, 0.2) is 0 Å². The molecular formula is C14H17N3O2. The molecule has 100 valence electrons. The number of aromatic nitrogens is 2. The summed E-state index contributed by atoms with van der Waals surface area (Å²) < 4.78 is 5.39. The predicted octanol–water partition coefficient (Wildman–Crippen LogP) is 2.21. The Morgan fingerprint density at radius 2 is 2.32 bits per heavy atom. The Balaban J connectivity index is 1.96. The minimum absolute atomic E-state index is 0.0602. The van der Waals surface area contributed by atoms with Crippen molar-refractivity contribution in [2.24, 2.45) is 5.73 Å². The maximum Gasteiger partial charge on any atom is 0.234 e. The molecule has 0 aliphatic heterocycles. The molecule has 0 radical (unpaired) electrons. The van der Waals surface area contributed by atoms with Gasteiger partial charge >= 0.3 is 0 Å². The Morgan fingerprint density at radius 1 is 1.47 bits per heavy atom. The van der Waals surface area contributed by atoms with Crippen molar-refractivity contribution in [1.82, 2.24) is 10.1 Å². The van der Waals surface area contributed by atoms with Crippen LogP contribution in [0.1, 0.15) is 32.1 Å². The monoisotopic (exact) mass is 259 g/mol. The van der Waals surface area contributed by atoms with Crippen LogP contribution in [-0.2, 0) is 5.41 Å². The first kappa shape index (κ1) is 12.2. The highest BCUT2D eigenvalue weighted by molar-refractivity contribution is 5.56. The number of benzene rings is 1. The van der Waals surface area contributed by atoms with Crippen LogP contribution in [-0.4, -0.2) is 21.3 Å². The summed E-state index contributed by atoms with van der Waals surface area (Å²) in [5, 5.41) is 13.5. The molecule has 5 heteroatoms. The Labute approximate surface area is 111 Å². The van der Waals surface area contributed by atoms with E-state index in [0.29, 0.717) is 11.7 Å². The number of aromatic hydroxyl groups is 1. The van der Waals surface area contributed by atoms with Gasteiger partial charge in [0.05, 0.1) is 5.41 Å². The van der Waals surface area contributed by atoms with Gasteiger partial charge in [-0.1, -0.05) is 23.7 Å². The zero-order chi connectivity index (χ0) is 13.5. The largest absolute Gasteiger partial charge is 0.508 e. The Morgan fingerprint density at radius 3 is 3.00 bits per heavy atom. The summed E-state index contributed by atoms with van der Waals surface area (Å²) in [7, 11) is 0. The first-order valence-electron chi connectivity index (χ1n) is 6.49. The van der Waals surface area contributed by atoms with Crippen LogP contribution in [0.5, 0.6) is 5.75 Å².